The maximum atomic E-state index is 14.1. The standard InChI is InChI=1S/C30H41F3N6O7S2/c1-48(44,45)38-9-6-25-23(17-38)29(35-39(25)16-22(41)15-36-7-4-21(5-8-36)34-27(42)18-40)20-2-3-24(30(31,32)33)26(14-20)47-19-28(43)37-10-12-46-13-11-37/h2-3,14,21-22,40-41H,4-13,15-19H2,1H3,(H,34,42). The number of thioether (sulfide) groups is 1. The summed E-state index contributed by atoms with van der Waals surface area (Å²) in [5.74, 6) is -0.916. The lowest BCUT2D eigenvalue weighted by Crippen LogP contribution is -2.47. The van der Waals surface area contributed by atoms with Crippen LogP contribution in [0.15, 0.2) is 23.1 Å². The number of halogens is 3. The molecule has 1 aromatic heterocycles. The Bertz CT molecular complexity index is 1580. The predicted octanol–water partition coefficient (Wildman–Crippen LogP) is 0.771. The Hall–Kier alpha value is -2.74. The molecule has 0 bridgehead atoms. The van der Waals surface area contributed by atoms with Crippen molar-refractivity contribution in [3.05, 3.63) is 35.0 Å². The van der Waals surface area contributed by atoms with Gasteiger partial charge in [0.1, 0.15) is 6.61 Å². The Morgan fingerprint density at radius 1 is 1.12 bits per heavy atom. The second kappa shape index (κ2) is 15.4. The number of nitrogens with zero attached hydrogens (tertiary/aromatic N) is 5. The summed E-state index contributed by atoms with van der Waals surface area (Å²) >= 11 is 0.794. The van der Waals surface area contributed by atoms with Gasteiger partial charge in [0.2, 0.25) is 21.8 Å². The van der Waals surface area contributed by atoms with Gasteiger partial charge in [0.15, 0.2) is 0 Å². The monoisotopic (exact) mass is 718 g/mol. The number of benzene rings is 1. The van der Waals surface area contributed by atoms with Crippen molar-refractivity contribution in [2.45, 2.75) is 55.6 Å². The van der Waals surface area contributed by atoms with Crippen LogP contribution in [-0.4, -0.2) is 138 Å². The second-order valence-electron chi connectivity index (χ2n) is 12.2. The van der Waals surface area contributed by atoms with E-state index in [9.17, 15) is 36.3 Å². The first-order valence-corrected chi connectivity index (χ1v) is 18.6. The van der Waals surface area contributed by atoms with Gasteiger partial charge in [0, 0.05) is 80.0 Å². The van der Waals surface area contributed by atoms with E-state index >= 15 is 0 Å². The Morgan fingerprint density at radius 3 is 2.48 bits per heavy atom. The molecule has 2 amide bonds. The number of aliphatic hydroxyl groups excluding tert-OH is 2. The van der Waals surface area contributed by atoms with Crippen LogP contribution in [0.1, 0.15) is 29.7 Å². The van der Waals surface area contributed by atoms with Gasteiger partial charge in [-0.25, -0.2) is 8.42 Å². The number of aliphatic hydroxyl groups is 2. The molecular formula is C30H41F3N6O7S2. The van der Waals surface area contributed by atoms with Crippen molar-refractivity contribution in [2.75, 3.05) is 71.1 Å². The molecule has 0 radical (unpaired) electrons. The van der Waals surface area contributed by atoms with Crippen molar-refractivity contribution in [3.8, 4) is 11.3 Å². The van der Waals surface area contributed by atoms with Gasteiger partial charge in [-0.1, -0.05) is 6.07 Å². The molecule has 48 heavy (non-hydrogen) atoms. The van der Waals surface area contributed by atoms with Crippen LogP contribution in [0.25, 0.3) is 11.3 Å². The van der Waals surface area contributed by atoms with Crippen LogP contribution in [-0.2, 0) is 50.0 Å². The van der Waals surface area contributed by atoms with E-state index in [1.165, 1.54) is 16.4 Å². The molecule has 13 nitrogen and oxygen atoms in total. The van der Waals surface area contributed by atoms with Gasteiger partial charge in [0.05, 0.1) is 49.1 Å². The van der Waals surface area contributed by atoms with Crippen LogP contribution in [0.3, 0.4) is 0 Å². The van der Waals surface area contributed by atoms with E-state index in [2.05, 4.69) is 10.2 Å². The SMILES string of the molecule is CS(=O)(=O)N1CCc2c(c(-c3ccc(C(F)(F)F)c(SCC(=O)N4CCOCC4)c3)nn2CC(O)CN2CCC(NC(=O)CO)CC2)C1. The predicted molar refractivity (Wildman–Crippen MR) is 170 cm³/mol. The molecule has 1 atom stereocenters. The molecule has 0 saturated carbocycles. The van der Waals surface area contributed by atoms with E-state index in [0.29, 0.717) is 87.7 Å². The van der Waals surface area contributed by atoms with E-state index in [4.69, 9.17) is 14.9 Å². The van der Waals surface area contributed by atoms with Gasteiger partial charge in [-0.15, -0.1) is 11.8 Å². The van der Waals surface area contributed by atoms with Crippen molar-refractivity contribution in [1.29, 1.82) is 0 Å². The van der Waals surface area contributed by atoms with Crippen molar-refractivity contribution in [3.63, 3.8) is 0 Å². The van der Waals surface area contributed by atoms with Gasteiger partial charge in [0.25, 0.3) is 0 Å². The van der Waals surface area contributed by atoms with Crippen LogP contribution >= 0.6 is 11.8 Å². The fourth-order valence-corrected chi connectivity index (χ4v) is 8.09. The first-order chi connectivity index (χ1) is 22.7. The summed E-state index contributed by atoms with van der Waals surface area (Å²) in [5.41, 5.74) is 1.04. The number of fused-ring (bicyclic) bond motifs is 1. The first kappa shape index (κ1) is 36.5. The molecule has 1 unspecified atom stereocenters. The van der Waals surface area contributed by atoms with Gasteiger partial charge in [-0.05, 0) is 25.0 Å². The summed E-state index contributed by atoms with van der Waals surface area (Å²) < 4.78 is 75.4. The van der Waals surface area contributed by atoms with Gasteiger partial charge in [-0.3, -0.25) is 14.3 Å². The largest absolute Gasteiger partial charge is 0.417 e. The van der Waals surface area contributed by atoms with Crippen LogP contribution < -0.4 is 5.32 Å². The number of ether oxygens (including phenoxy) is 1. The fourth-order valence-electron chi connectivity index (χ4n) is 6.29. The molecule has 3 N–H and O–H groups in total. The molecule has 18 heteroatoms. The summed E-state index contributed by atoms with van der Waals surface area (Å²) in [4.78, 5) is 27.8. The van der Waals surface area contributed by atoms with E-state index in [-0.39, 0.29) is 42.2 Å². The topological polar surface area (TPSA) is 158 Å². The minimum absolute atomic E-state index is 0.0221. The number of carbonyl (C=O) groups excluding carboxylic acids is 2. The third kappa shape index (κ3) is 9.08. The minimum atomic E-state index is -4.67. The molecule has 0 aliphatic carbocycles. The second-order valence-corrected chi connectivity index (χ2v) is 15.2. The van der Waals surface area contributed by atoms with Crippen LogP contribution in [0.4, 0.5) is 13.2 Å². The number of hydrogen-bond donors (Lipinski definition) is 3. The quantitative estimate of drug-likeness (QED) is 0.284. The number of sulfonamides is 1. The molecule has 4 heterocycles. The summed E-state index contributed by atoms with van der Waals surface area (Å²) in [5, 5.41) is 27.6. The normalized spacial score (nSPS) is 19.2. The zero-order chi connectivity index (χ0) is 34.6. The number of likely N-dealkylation sites (tertiary alicyclic amines) is 1. The average molecular weight is 719 g/mol. The van der Waals surface area contributed by atoms with E-state index in [1.54, 1.807) is 9.58 Å². The number of aromatic nitrogens is 2. The van der Waals surface area contributed by atoms with Crippen molar-refractivity contribution >= 4 is 33.6 Å². The zero-order valence-corrected chi connectivity index (χ0v) is 28.2. The van der Waals surface area contributed by atoms with Gasteiger partial charge >= 0.3 is 6.18 Å². The third-order valence-corrected chi connectivity index (χ3v) is 11.1. The van der Waals surface area contributed by atoms with Crippen LogP contribution in [0.5, 0.6) is 0 Å². The van der Waals surface area contributed by atoms with Crippen LogP contribution in [0.2, 0.25) is 0 Å². The number of alkyl halides is 3. The van der Waals surface area contributed by atoms with Crippen molar-refractivity contribution < 1.29 is 46.1 Å². The maximum absolute atomic E-state index is 14.1. The molecule has 2 saturated heterocycles. The minimum Gasteiger partial charge on any atom is -0.390 e. The fraction of sp³-hybridized carbons (Fsp3) is 0.633. The summed E-state index contributed by atoms with van der Waals surface area (Å²) in [7, 11) is -3.58. The molecule has 3 aliphatic rings. The lowest BCUT2D eigenvalue weighted by Gasteiger charge is -2.33. The van der Waals surface area contributed by atoms with Gasteiger partial charge < -0.3 is 30.1 Å². The zero-order valence-electron chi connectivity index (χ0n) is 26.6. The summed E-state index contributed by atoms with van der Waals surface area (Å²) in [6, 6.07) is 3.56. The number of amides is 2. The number of rotatable bonds is 11. The van der Waals surface area contributed by atoms with Crippen molar-refractivity contribution in [1.82, 2.24) is 29.2 Å². The van der Waals surface area contributed by atoms with Crippen LogP contribution in [0, 0.1) is 0 Å². The highest BCUT2D eigenvalue weighted by molar-refractivity contribution is 8.00. The van der Waals surface area contributed by atoms with E-state index in [0.717, 1.165) is 24.1 Å². The number of carbonyl (C=O) groups is 2. The Morgan fingerprint density at radius 2 is 1.83 bits per heavy atom. The molecule has 3 aliphatic heterocycles. The third-order valence-electron chi connectivity index (χ3n) is 8.79. The molecule has 1 aromatic carbocycles. The molecular weight excluding hydrogens is 677 g/mol. The maximum Gasteiger partial charge on any atom is 0.417 e. The lowest BCUT2D eigenvalue weighted by molar-refractivity contribution is -0.140. The molecule has 0 spiro atoms. The van der Waals surface area contributed by atoms with E-state index in [1.807, 2.05) is 0 Å². The number of morpholine rings is 1. The Kier molecular flexibility index (Phi) is 11.7. The Balaban J connectivity index is 1.38. The number of hydrogen-bond acceptors (Lipinski definition) is 10. The molecule has 2 aromatic rings. The number of β-amino-alcohol motifs (C(OH)–C–C–N with tert-alkyl or cyclic N) is 1. The highest BCUT2D eigenvalue weighted by atomic mass is 32.2. The number of nitrogens with one attached hydrogen (secondary N) is 1. The average Bonchev–Trinajstić information content (AvgIpc) is 3.41. The summed E-state index contributed by atoms with van der Waals surface area (Å²) in [6.07, 6.45) is -2.81. The van der Waals surface area contributed by atoms with E-state index < -0.39 is 40.4 Å². The molecule has 266 valence electrons. The Labute approximate surface area is 281 Å². The lowest BCUT2D eigenvalue weighted by atomic mass is 10.0. The first-order valence-electron chi connectivity index (χ1n) is 15.8. The highest BCUT2D eigenvalue weighted by Gasteiger charge is 2.36. The molecule has 5 rings (SSSR count). The van der Waals surface area contributed by atoms with Gasteiger partial charge in [-0.2, -0.15) is 22.6 Å². The summed E-state index contributed by atoms with van der Waals surface area (Å²) in [6.45, 7) is 2.74. The highest BCUT2D eigenvalue weighted by Crippen LogP contribution is 2.40. The smallest absolute Gasteiger partial charge is 0.390 e. The number of piperidine rings is 1. The van der Waals surface area contributed by atoms with Crippen molar-refractivity contribution in [2.24, 2.45) is 0 Å². The molecule has 2 fully saturated rings.